The molecule has 0 aliphatic rings. The minimum atomic E-state index is -1.02. The number of nitrogens with zero attached hydrogens (tertiary/aromatic N) is 1. The van der Waals surface area contributed by atoms with Crippen molar-refractivity contribution in [3.63, 3.8) is 0 Å². The van der Waals surface area contributed by atoms with E-state index >= 15 is 0 Å². The Hall–Kier alpha value is -1.66. The zero-order valence-electron chi connectivity index (χ0n) is 8.72. The molecule has 1 aromatic rings. The summed E-state index contributed by atoms with van der Waals surface area (Å²) >= 11 is 0. The molecule has 0 aromatic carbocycles. The maximum atomic E-state index is 10.8. The number of carbonyl (C=O) groups is 1. The van der Waals surface area contributed by atoms with Gasteiger partial charge in [-0.25, -0.2) is 4.79 Å². The van der Waals surface area contributed by atoms with Crippen molar-refractivity contribution in [2.24, 2.45) is 0 Å². The van der Waals surface area contributed by atoms with Gasteiger partial charge in [0.25, 0.3) is 0 Å². The molecule has 1 rings (SSSR count). The van der Waals surface area contributed by atoms with E-state index in [-0.39, 0.29) is 18.8 Å². The van der Waals surface area contributed by atoms with Gasteiger partial charge in [0.1, 0.15) is 5.56 Å². The SMILES string of the molecule is O=C(O)c1cnccc1NCCOCCO. The molecule has 0 spiro atoms. The Kier molecular flexibility index (Phi) is 5.24. The topological polar surface area (TPSA) is 91.7 Å². The van der Waals surface area contributed by atoms with E-state index in [2.05, 4.69) is 10.3 Å². The molecule has 6 heteroatoms. The molecule has 0 bridgehead atoms. The van der Waals surface area contributed by atoms with Crippen LogP contribution >= 0.6 is 0 Å². The Labute approximate surface area is 92.9 Å². The summed E-state index contributed by atoms with van der Waals surface area (Å²) in [6.07, 6.45) is 2.81. The Morgan fingerprint density at radius 3 is 3.00 bits per heavy atom. The van der Waals surface area contributed by atoms with Crippen LogP contribution in [0.2, 0.25) is 0 Å². The Morgan fingerprint density at radius 1 is 1.50 bits per heavy atom. The smallest absolute Gasteiger partial charge is 0.339 e. The van der Waals surface area contributed by atoms with Gasteiger partial charge in [-0.15, -0.1) is 0 Å². The quantitative estimate of drug-likeness (QED) is 0.575. The number of aromatic carboxylic acids is 1. The lowest BCUT2D eigenvalue weighted by atomic mass is 10.2. The lowest BCUT2D eigenvalue weighted by molar-refractivity contribution is 0.0697. The molecule has 1 heterocycles. The fraction of sp³-hybridized carbons (Fsp3) is 0.400. The minimum Gasteiger partial charge on any atom is -0.478 e. The van der Waals surface area contributed by atoms with Crippen LogP contribution < -0.4 is 5.32 Å². The Balaban J connectivity index is 2.44. The maximum absolute atomic E-state index is 10.8. The van der Waals surface area contributed by atoms with Crippen LogP contribution in [0.3, 0.4) is 0 Å². The first-order valence-electron chi connectivity index (χ1n) is 4.85. The Bertz CT molecular complexity index is 343. The van der Waals surface area contributed by atoms with E-state index in [1.807, 2.05) is 0 Å². The van der Waals surface area contributed by atoms with Crippen LogP contribution in [0.15, 0.2) is 18.5 Å². The number of anilines is 1. The predicted molar refractivity (Wildman–Crippen MR) is 57.6 cm³/mol. The fourth-order valence-electron chi connectivity index (χ4n) is 1.14. The first-order chi connectivity index (χ1) is 7.75. The number of ether oxygens (including phenoxy) is 1. The van der Waals surface area contributed by atoms with Gasteiger partial charge in [0, 0.05) is 18.9 Å². The van der Waals surface area contributed by atoms with Crippen LogP contribution in [-0.2, 0) is 4.74 Å². The number of nitrogens with one attached hydrogen (secondary N) is 1. The summed E-state index contributed by atoms with van der Waals surface area (Å²) in [4.78, 5) is 14.6. The summed E-state index contributed by atoms with van der Waals surface area (Å²) in [5.41, 5.74) is 0.639. The van der Waals surface area contributed by atoms with Crippen LogP contribution in [0.4, 0.5) is 5.69 Å². The molecule has 6 nitrogen and oxygen atoms in total. The lowest BCUT2D eigenvalue weighted by Gasteiger charge is -2.08. The number of carboxylic acid groups (broad SMARTS) is 1. The van der Waals surface area contributed by atoms with Crippen LogP contribution in [0.5, 0.6) is 0 Å². The van der Waals surface area contributed by atoms with Crippen molar-refractivity contribution in [2.45, 2.75) is 0 Å². The van der Waals surface area contributed by atoms with Gasteiger partial charge in [-0.2, -0.15) is 0 Å². The molecule has 0 amide bonds. The molecule has 0 fully saturated rings. The molecule has 0 atom stereocenters. The molecule has 1 aromatic heterocycles. The molecule has 0 radical (unpaired) electrons. The van der Waals surface area contributed by atoms with Gasteiger partial charge in [0.2, 0.25) is 0 Å². The standard InChI is InChI=1S/C10H14N2O4/c13-4-6-16-5-3-12-9-1-2-11-7-8(9)10(14)15/h1-2,7,13H,3-6H2,(H,11,12)(H,14,15). The van der Waals surface area contributed by atoms with E-state index < -0.39 is 5.97 Å². The molecule has 0 saturated carbocycles. The average Bonchev–Trinajstić information content (AvgIpc) is 2.29. The first-order valence-corrected chi connectivity index (χ1v) is 4.85. The summed E-state index contributed by atoms with van der Waals surface area (Å²) in [5, 5.41) is 20.3. The van der Waals surface area contributed by atoms with Crippen LogP contribution in [0.1, 0.15) is 10.4 Å². The predicted octanol–water partition coefficient (Wildman–Crippen LogP) is 0.201. The van der Waals surface area contributed by atoms with E-state index in [0.717, 1.165) is 0 Å². The summed E-state index contributed by atoms with van der Waals surface area (Å²) in [5.74, 6) is -1.02. The number of carboxylic acids is 1. The monoisotopic (exact) mass is 226 g/mol. The highest BCUT2D eigenvalue weighted by molar-refractivity contribution is 5.93. The molecule has 0 aliphatic carbocycles. The molecule has 0 aliphatic heterocycles. The van der Waals surface area contributed by atoms with Crippen LogP contribution in [-0.4, -0.2) is 47.5 Å². The molecule has 0 unspecified atom stereocenters. The van der Waals surface area contributed by atoms with E-state index in [9.17, 15) is 4.79 Å². The number of hydrogen-bond donors (Lipinski definition) is 3. The third-order valence-corrected chi connectivity index (χ3v) is 1.85. The van der Waals surface area contributed by atoms with Crippen molar-refractivity contribution in [2.75, 3.05) is 31.7 Å². The van der Waals surface area contributed by atoms with Crippen LogP contribution in [0.25, 0.3) is 0 Å². The molecular formula is C10H14N2O4. The van der Waals surface area contributed by atoms with E-state index in [4.69, 9.17) is 14.9 Å². The van der Waals surface area contributed by atoms with Gasteiger partial charge in [-0.05, 0) is 6.07 Å². The van der Waals surface area contributed by atoms with Crippen molar-refractivity contribution >= 4 is 11.7 Å². The Morgan fingerprint density at radius 2 is 2.31 bits per heavy atom. The third kappa shape index (κ3) is 3.84. The molecule has 16 heavy (non-hydrogen) atoms. The van der Waals surface area contributed by atoms with Gasteiger partial charge >= 0.3 is 5.97 Å². The van der Waals surface area contributed by atoms with Crippen molar-refractivity contribution in [1.29, 1.82) is 0 Å². The largest absolute Gasteiger partial charge is 0.478 e. The van der Waals surface area contributed by atoms with Gasteiger partial charge in [0.05, 0.1) is 25.5 Å². The molecule has 0 saturated heterocycles. The second kappa shape index (κ2) is 6.76. The number of rotatable bonds is 7. The van der Waals surface area contributed by atoms with Crippen LogP contribution in [0, 0.1) is 0 Å². The summed E-state index contributed by atoms with van der Waals surface area (Å²) in [6, 6.07) is 1.59. The van der Waals surface area contributed by atoms with Gasteiger partial charge in [0.15, 0.2) is 0 Å². The highest BCUT2D eigenvalue weighted by atomic mass is 16.5. The number of aromatic nitrogens is 1. The maximum Gasteiger partial charge on any atom is 0.339 e. The minimum absolute atomic E-state index is 0.0182. The number of pyridine rings is 1. The zero-order valence-corrected chi connectivity index (χ0v) is 8.72. The number of aliphatic hydroxyl groups excluding tert-OH is 1. The summed E-state index contributed by atoms with van der Waals surface area (Å²) in [6.45, 7) is 1.14. The normalized spacial score (nSPS) is 10.1. The average molecular weight is 226 g/mol. The first kappa shape index (κ1) is 12.4. The van der Waals surface area contributed by atoms with Crippen molar-refractivity contribution in [3.8, 4) is 0 Å². The third-order valence-electron chi connectivity index (χ3n) is 1.85. The zero-order chi connectivity index (χ0) is 11.8. The highest BCUT2D eigenvalue weighted by Crippen LogP contribution is 2.12. The van der Waals surface area contributed by atoms with E-state index in [1.54, 1.807) is 6.07 Å². The second-order valence-corrected chi connectivity index (χ2v) is 2.99. The molecular weight excluding hydrogens is 212 g/mol. The van der Waals surface area contributed by atoms with Gasteiger partial charge in [-0.3, -0.25) is 4.98 Å². The highest BCUT2D eigenvalue weighted by Gasteiger charge is 2.08. The van der Waals surface area contributed by atoms with Crippen molar-refractivity contribution in [1.82, 2.24) is 4.98 Å². The molecule has 88 valence electrons. The molecule has 3 N–H and O–H groups in total. The number of hydrogen-bond acceptors (Lipinski definition) is 5. The van der Waals surface area contributed by atoms with Crippen molar-refractivity contribution in [3.05, 3.63) is 24.0 Å². The van der Waals surface area contributed by atoms with E-state index in [1.165, 1.54) is 12.4 Å². The van der Waals surface area contributed by atoms with Gasteiger partial charge < -0.3 is 20.3 Å². The van der Waals surface area contributed by atoms with Crippen molar-refractivity contribution < 1.29 is 19.7 Å². The summed E-state index contributed by atoms with van der Waals surface area (Å²) < 4.78 is 5.03. The lowest BCUT2D eigenvalue weighted by Crippen LogP contribution is -2.13. The number of aliphatic hydroxyl groups is 1. The fourth-order valence-corrected chi connectivity index (χ4v) is 1.14. The second-order valence-electron chi connectivity index (χ2n) is 2.99. The van der Waals surface area contributed by atoms with Gasteiger partial charge in [-0.1, -0.05) is 0 Å². The summed E-state index contributed by atoms with van der Waals surface area (Å²) in [7, 11) is 0. The van der Waals surface area contributed by atoms with E-state index in [0.29, 0.717) is 18.8 Å².